The van der Waals surface area contributed by atoms with Crippen molar-refractivity contribution in [1.29, 1.82) is 0 Å². The Hall–Kier alpha value is -2.83. The maximum absolute atomic E-state index is 12.1. The molecule has 0 saturated heterocycles. The third-order valence-corrected chi connectivity index (χ3v) is 4.11. The van der Waals surface area contributed by atoms with Crippen molar-refractivity contribution in [2.45, 2.75) is 25.2 Å². The van der Waals surface area contributed by atoms with Crippen LogP contribution in [0.2, 0.25) is 0 Å². The first-order chi connectivity index (χ1) is 11.0. The van der Waals surface area contributed by atoms with E-state index in [2.05, 4.69) is 0 Å². The van der Waals surface area contributed by atoms with Crippen LogP contribution >= 0.6 is 0 Å². The molecule has 3 rings (SSSR count). The summed E-state index contributed by atoms with van der Waals surface area (Å²) in [5.74, 6) is -0.443. The van der Waals surface area contributed by atoms with E-state index >= 15 is 0 Å². The highest BCUT2D eigenvalue weighted by atomic mass is 16.6. The Bertz CT molecular complexity index is 751. The number of hydrogen-bond donors (Lipinski definition) is 1. The van der Waals surface area contributed by atoms with Gasteiger partial charge in [-0.25, -0.2) is 0 Å². The average molecular weight is 316 g/mol. The summed E-state index contributed by atoms with van der Waals surface area (Å²) >= 11 is 0. The van der Waals surface area contributed by atoms with Gasteiger partial charge in [0.2, 0.25) is 0 Å². The third-order valence-electron chi connectivity index (χ3n) is 4.11. The number of rotatable bonds is 3. The van der Waals surface area contributed by atoms with Gasteiger partial charge < -0.3 is 15.2 Å². The molecule has 2 aliphatic rings. The number of allylic oxidation sites excluding steroid dienone is 2. The molecule has 0 amide bonds. The number of Topliss-reactive ketones (excluding diaryl/α,β-unsaturated/α-hetero) is 1. The lowest BCUT2D eigenvalue weighted by molar-refractivity contribution is -0.433. The first-order valence-electron chi connectivity index (χ1n) is 7.25. The molecule has 1 aliphatic heterocycles. The van der Waals surface area contributed by atoms with Gasteiger partial charge in [-0.1, -0.05) is 12.1 Å². The lowest BCUT2D eigenvalue weighted by atomic mass is 9.80. The predicted octanol–water partition coefficient (Wildman–Crippen LogP) is 2.22. The lowest BCUT2D eigenvalue weighted by Gasteiger charge is -2.29. The van der Waals surface area contributed by atoms with Gasteiger partial charge in [0.05, 0.1) is 12.0 Å². The fraction of sp³-hybridized carbons (Fsp3) is 0.312. The minimum Gasteiger partial charge on any atom is -0.497 e. The van der Waals surface area contributed by atoms with Gasteiger partial charge in [0.25, 0.3) is 5.88 Å². The van der Waals surface area contributed by atoms with Crippen molar-refractivity contribution < 1.29 is 19.2 Å². The maximum Gasteiger partial charge on any atom is 0.316 e. The Morgan fingerprint density at radius 2 is 2.17 bits per heavy atom. The van der Waals surface area contributed by atoms with Crippen molar-refractivity contribution in [2.75, 3.05) is 7.11 Å². The molecule has 1 aromatic carbocycles. The molecule has 0 radical (unpaired) electrons. The molecule has 1 atom stereocenters. The smallest absolute Gasteiger partial charge is 0.316 e. The third kappa shape index (κ3) is 2.54. The minimum atomic E-state index is -0.701. The van der Waals surface area contributed by atoms with E-state index in [-0.39, 0.29) is 23.1 Å². The van der Waals surface area contributed by atoms with Crippen LogP contribution < -0.4 is 10.5 Å². The largest absolute Gasteiger partial charge is 0.497 e. The summed E-state index contributed by atoms with van der Waals surface area (Å²) in [4.78, 5) is 23.1. The molecular formula is C16H16N2O5. The van der Waals surface area contributed by atoms with Crippen LogP contribution in [0.25, 0.3) is 0 Å². The summed E-state index contributed by atoms with van der Waals surface area (Å²) in [6.45, 7) is 0. The predicted molar refractivity (Wildman–Crippen MR) is 80.9 cm³/mol. The summed E-state index contributed by atoms with van der Waals surface area (Å²) in [6, 6.07) is 6.99. The number of ketones is 1. The molecule has 0 unspecified atom stereocenters. The summed E-state index contributed by atoms with van der Waals surface area (Å²) in [5, 5.41) is 11.5. The zero-order chi connectivity index (χ0) is 16.6. The van der Waals surface area contributed by atoms with Crippen molar-refractivity contribution in [3.8, 4) is 5.75 Å². The molecule has 1 heterocycles. The molecule has 0 bridgehead atoms. The fourth-order valence-corrected chi connectivity index (χ4v) is 3.09. The number of nitrogens with zero attached hydrogens (tertiary/aromatic N) is 1. The number of methoxy groups -OCH3 is 1. The highest BCUT2D eigenvalue weighted by Crippen LogP contribution is 2.44. The zero-order valence-corrected chi connectivity index (χ0v) is 12.6. The first kappa shape index (κ1) is 15.1. The number of hydrogen-bond acceptors (Lipinski definition) is 6. The molecule has 0 saturated carbocycles. The molecule has 120 valence electrons. The second kappa shape index (κ2) is 5.75. The van der Waals surface area contributed by atoms with Crippen LogP contribution in [0.4, 0.5) is 0 Å². The van der Waals surface area contributed by atoms with E-state index in [1.807, 2.05) is 0 Å². The van der Waals surface area contributed by atoms with Crippen LogP contribution in [-0.2, 0) is 9.53 Å². The Morgan fingerprint density at radius 3 is 2.87 bits per heavy atom. The lowest BCUT2D eigenvalue weighted by Crippen LogP contribution is -2.29. The van der Waals surface area contributed by atoms with Gasteiger partial charge in [-0.2, -0.15) is 0 Å². The van der Waals surface area contributed by atoms with Gasteiger partial charge in [-0.15, -0.1) is 0 Å². The highest BCUT2D eigenvalue weighted by molar-refractivity contribution is 5.95. The van der Waals surface area contributed by atoms with Crippen molar-refractivity contribution >= 4 is 5.78 Å². The van der Waals surface area contributed by atoms with E-state index in [9.17, 15) is 14.9 Å². The van der Waals surface area contributed by atoms with E-state index in [4.69, 9.17) is 15.2 Å². The Labute approximate surface area is 132 Å². The van der Waals surface area contributed by atoms with Gasteiger partial charge in [-0.05, 0) is 36.1 Å². The van der Waals surface area contributed by atoms with Crippen LogP contribution in [0.5, 0.6) is 5.75 Å². The number of nitrogens with two attached hydrogens (primary N) is 1. The molecule has 7 heteroatoms. The SMILES string of the molecule is COc1cccc([C@@H]2C3=C(OC(N)=C2[N+](=O)[O-])C(=O)CCC3)c1. The van der Waals surface area contributed by atoms with Crippen molar-refractivity contribution in [1.82, 2.24) is 0 Å². The van der Waals surface area contributed by atoms with E-state index in [1.54, 1.807) is 24.3 Å². The number of carbonyl (C=O) groups excluding carboxylic acids is 1. The molecule has 0 fully saturated rings. The Kier molecular flexibility index (Phi) is 3.77. The molecule has 1 aliphatic carbocycles. The number of carbonyl (C=O) groups is 1. The van der Waals surface area contributed by atoms with Gasteiger partial charge >= 0.3 is 5.70 Å². The molecule has 0 aromatic heterocycles. The molecule has 1 aromatic rings. The number of nitro groups is 1. The van der Waals surface area contributed by atoms with Gasteiger partial charge in [0, 0.05) is 6.42 Å². The van der Waals surface area contributed by atoms with E-state index in [0.717, 1.165) is 0 Å². The number of ether oxygens (including phenoxy) is 2. The second-order valence-corrected chi connectivity index (χ2v) is 5.45. The van der Waals surface area contributed by atoms with Crippen LogP contribution in [0.15, 0.2) is 47.2 Å². The summed E-state index contributed by atoms with van der Waals surface area (Å²) in [7, 11) is 1.52. The van der Waals surface area contributed by atoms with Crippen LogP contribution in [0.1, 0.15) is 30.7 Å². The molecule has 2 N–H and O–H groups in total. The van der Waals surface area contributed by atoms with Crippen LogP contribution in [-0.4, -0.2) is 17.8 Å². The molecule has 7 nitrogen and oxygen atoms in total. The number of benzene rings is 1. The minimum absolute atomic E-state index is 0.159. The van der Waals surface area contributed by atoms with Crippen molar-refractivity contribution in [3.05, 3.63) is 62.9 Å². The summed E-state index contributed by atoms with van der Waals surface area (Å²) < 4.78 is 10.5. The summed E-state index contributed by atoms with van der Waals surface area (Å²) in [5.41, 5.74) is 6.79. The zero-order valence-electron chi connectivity index (χ0n) is 12.6. The monoisotopic (exact) mass is 316 g/mol. The topological polar surface area (TPSA) is 105 Å². The van der Waals surface area contributed by atoms with Crippen molar-refractivity contribution in [2.24, 2.45) is 5.73 Å². The average Bonchev–Trinajstić information content (AvgIpc) is 2.54. The Balaban J connectivity index is 2.18. The van der Waals surface area contributed by atoms with Gasteiger partial charge in [0.15, 0.2) is 11.5 Å². The van der Waals surface area contributed by atoms with E-state index in [0.29, 0.717) is 36.1 Å². The first-order valence-corrected chi connectivity index (χ1v) is 7.25. The maximum atomic E-state index is 12.1. The van der Waals surface area contributed by atoms with E-state index in [1.165, 1.54) is 7.11 Å². The van der Waals surface area contributed by atoms with Gasteiger partial charge in [0.1, 0.15) is 11.7 Å². The fourth-order valence-electron chi connectivity index (χ4n) is 3.09. The Morgan fingerprint density at radius 1 is 1.39 bits per heavy atom. The summed E-state index contributed by atoms with van der Waals surface area (Å²) in [6.07, 6.45) is 1.57. The molecule has 0 spiro atoms. The molecule has 23 heavy (non-hydrogen) atoms. The highest BCUT2D eigenvalue weighted by Gasteiger charge is 2.43. The molecular weight excluding hydrogens is 300 g/mol. The normalized spacial score (nSPS) is 20.9. The quantitative estimate of drug-likeness (QED) is 0.677. The van der Waals surface area contributed by atoms with Crippen LogP contribution in [0, 0.1) is 10.1 Å². The second-order valence-electron chi connectivity index (χ2n) is 5.45. The standard InChI is InChI=1S/C16H16N2O5/c1-22-10-5-2-4-9(8-10)13-11-6-3-7-12(19)15(11)23-16(17)14(13)18(20)21/h2,4-5,8,13H,3,6-7,17H2,1H3/t13-/m1/s1. The van der Waals surface area contributed by atoms with Crippen molar-refractivity contribution in [3.63, 3.8) is 0 Å². The van der Waals surface area contributed by atoms with Crippen LogP contribution in [0.3, 0.4) is 0 Å². The van der Waals surface area contributed by atoms with Gasteiger partial charge in [-0.3, -0.25) is 14.9 Å². The van der Waals surface area contributed by atoms with E-state index < -0.39 is 10.8 Å².